The van der Waals surface area contributed by atoms with Gasteiger partial charge in [-0.1, -0.05) is 50.2 Å². The van der Waals surface area contributed by atoms with E-state index in [-0.39, 0.29) is 42.7 Å². The number of carbonyl (C=O) groups is 5. The normalized spacial score (nSPS) is 12.5. The van der Waals surface area contributed by atoms with Gasteiger partial charge in [-0.2, -0.15) is 0 Å². The van der Waals surface area contributed by atoms with Crippen LogP contribution >= 0.6 is 11.3 Å². The molecule has 1 aliphatic rings. The van der Waals surface area contributed by atoms with Gasteiger partial charge in [0.05, 0.1) is 16.5 Å². The van der Waals surface area contributed by atoms with Gasteiger partial charge in [-0.15, -0.1) is 11.3 Å². The highest BCUT2D eigenvalue weighted by molar-refractivity contribution is 7.17. The third-order valence-corrected chi connectivity index (χ3v) is 12.0. The van der Waals surface area contributed by atoms with Crippen LogP contribution in [0.3, 0.4) is 0 Å². The Balaban J connectivity index is 1.27. The number of rotatable bonds is 19. The molecule has 0 radical (unpaired) electrons. The Morgan fingerprint density at radius 1 is 0.754 bits per heavy atom. The molecule has 0 spiro atoms. The van der Waals surface area contributed by atoms with E-state index in [1.807, 2.05) is 42.5 Å². The molecule has 11 nitrogen and oxygen atoms in total. The number of likely N-dealkylation sites (N-methyl/N-ethyl adjacent to an activating group) is 1. The molecule has 1 heterocycles. The van der Waals surface area contributed by atoms with Crippen LogP contribution in [0.25, 0.3) is 0 Å². The number of carboxylic acids is 2. The summed E-state index contributed by atoms with van der Waals surface area (Å²) in [6.45, 7) is 10.5. The van der Waals surface area contributed by atoms with E-state index in [0.717, 1.165) is 78.7 Å². The highest BCUT2D eigenvalue weighted by Crippen LogP contribution is 2.39. The molecule has 3 amide bonds. The van der Waals surface area contributed by atoms with Gasteiger partial charge in [-0.05, 0) is 131 Å². The summed E-state index contributed by atoms with van der Waals surface area (Å²) in [5.41, 5.74) is 4.64. The number of amides is 3. The van der Waals surface area contributed by atoms with Crippen molar-refractivity contribution < 1.29 is 34.2 Å². The third-order valence-electron chi connectivity index (χ3n) is 10.8. The van der Waals surface area contributed by atoms with E-state index in [2.05, 4.69) is 29.4 Å². The fraction of sp³-hybridized carbons (Fsp3) is 0.400. The van der Waals surface area contributed by atoms with E-state index in [4.69, 9.17) is 5.11 Å². The number of nitrogens with zero attached hydrogens (tertiary/aromatic N) is 2. The largest absolute Gasteiger partial charge is 0.481 e. The molecule has 0 aliphatic heterocycles. The van der Waals surface area contributed by atoms with Gasteiger partial charge in [0.2, 0.25) is 5.91 Å². The van der Waals surface area contributed by atoms with Crippen molar-refractivity contribution in [3.8, 4) is 0 Å². The lowest BCUT2D eigenvalue weighted by Gasteiger charge is -2.28. The summed E-state index contributed by atoms with van der Waals surface area (Å²) < 4.78 is 0. The lowest BCUT2D eigenvalue weighted by molar-refractivity contribution is -0.147. The molecule has 12 heteroatoms. The zero-order chi connectivity index (χ0) is 41.1. The SMILES string of the molecule is CCN(CC)CCN(Cc1cccc(C(=O)Nc2sc3c(c2C(=O)Nc2ccc(CCc4ccc(C(=O)O)cc4)cc2)CCCC3)c1)C(=O)CCC(C)(C)C(=O)O. The smallest absolute Gasteiger partial charge is 0.335 e. The monoisotopic (exact) mass is 794 g/mol. The quantitative estimate of drug-likeness (QED) is 0.0741. The number of thiophene rings is 1. The molecule has 0 atom stereocenters. The minimum Gasteiger partial charge on any atom is -0.481 e. The number of hydrogen-bond donors (Lipinski definition) is 4. The van der Waals surface area contributed by atoms with Gasteiger partial charge >= 0.3 is 11.9 Å². The van der Waals surface area contributed by atoms with Crippen LogP contribution in [0.2, 0.25) is 0 Å². The van der Waals surface area contributed by atoms with Crippen LogP contribution in [-0.2, 0) is 41.8 Å². The second kappa shape index (κ2) is 19.7. The van der Waals surface area contributed by atoms with Crippen LogP contribution < -0.4 is 10.6 Å². The van der Waals surface area contributed by atoms with Crippen molar-refractivity contribution in [3.05, 3.63) is 117 Å². The Hall–Kier alpha value is -5.33. The van der Waals surface area contributed by atoms with Gasteiger partial charge in [0.1, 0.15) is 5.00 Å². The first-order valence-electron chi connectivity index (χ1n) is 19.8. The molecule has 0 fully saturated rings. The molecule has 4 aromatic rings. The van der Waals surface area contributed by atoms with E-state index in [0.29, 0.717) is 34.9 Å². The summed E-state index contributed by atoms with van der Waals surface area (Å²) in [4.78, 5) is 69.2. The van der Waals surface area contributed by atoms with E-state index in [9.17, 15) is 29.1 Å². The summed E-state index contributed by atoms with van der Waals surface area (Å²) in [6.07, 6.45) is 5.41. The van der Waals surface area contributed by atoms with Crippen LogP contribution in [0.15, 0.2) is 72.8 Å². The van der Waals surface area contributed by atoms with Gasteiger partial charge in [-0.25, -0.2) is 4.79 Å². The van der Waals surface area contributed by atoms with Gasteiger partial charge in [0.25, 0.3) is 11.8 Å². The number of carbonyl (C=O) groups excluding carboxylic acids is 3. The Kier molecular flexibility index (Phi) is 14.8. The molecule has 0 bridgehead atoms. The van der Waals surface area contributed by atoms with Crippen molar-refractivity contribution >= 4 is 51.7 Å². The average molecular weight is 795 g/mol. The minimum atomic E-state index is -1.03. The first kappa shape index (κ1) is 42.8. The van der Waals surface area contributed by atoms with Crippen molar-refractivity contribution in [1.29, 1.82) is 0 Å². The number of aliphatic carboxylic acids is 1. The summed E-state index contributed by atoms with van der Waals surface area (Å²) in [5.74, 6) is -2.66. The first-order valence-corrected chi connectivity index (χ1v) is 20.6. The van der Waals surface area contributed by atoms with Crippen LogP contribution in [0.5, 0.6) is 0 Å². The highest BCUT2D eigenvalue weighted by atomic mass is 32.1. The van der Waals surface area contributed by atoms with Crippen LogP contribution in [0.1, 0.15) is 112 Å². The maximum atomic E-state index is 13.9. The van der Waals surface area contributed by atoms with Gasteiger partial charge < -0.3 is 30.6 Å². The molecule has 4 N–H and O–H groups in total. The lowest BCUT2D eigenvalue weighted by atomic mass is 9.88. The molecule has 0 saturated carbocycles. The molecule has 3 aromatic carbocycles. The molecule has 1 aromatic heterocycles. The second-order valence-corrected chi connectivity index (χ2v) is 16.4. The zero-order valence-corrected chi connectivity index (χ0v) is 34.2. The Morgan fingerprint density at radius 2 is 1.40 bits per heavy atom. The van der Waals surface area contributed by atoms with E-state index >= 15 is 0 Å². The Morgan fingerprint density at radius 3 is 2.04 bits per heavy atom. The Bertz CT molecular complexity index is 2050. The zero-order valence-electron chi connectivity index (χ0n) is 33.4. The number of carboxylic acid groups (broad SMARTS) is 2. The maximum absolute atomic E-state index is 13.9. The third kappa shape index (κ3) is 11.6. The second-order valence-electron chi connectivity index (χ2n) is 15.3. The van der Waals surface area contributed by atoms with E-state index < -0.39 is 17.4 Å². The fourth-order valence-corrected chi connectivity index (χ4v) is 8.21. The van der Waals surface area contributed by atoms with Crippen LogP contribution in [0, 0.1) is 5.41 Å². The topological polar surface area (TPSA) is 156 Å². The number of aryl methyl sites for hydroxylation is 3. The summed E-state index contributed by atoms with van der Waals surface area (Å²) >= 11 is 1.45. The molecular weight excluding hydrogens is 741 g/mol. The summed E-state index contributed by atoms with van der Waals surface area (Å²) in [7, 11) is 0. The predicted octanol–water partition coefficient (Wildman–Crippen LogP) is 8.18. The fourth-order valence-electron chi connectivity index (χ4n) is 6.93. The first-order chi connectivity index (χ1) is 27.3. The predicted molar refractivity (Wildman–Crippen MR) is 224 cm³/mol. The number of nitrogens with one attached hydrogen (secondary N) is 2. The molecule has 1 aliphatic carbocycles. The van der Waals surface area contributed by atoms with Gasteiger partial charge in [-0.3, -0.25) is 19.2 Å². The number of hydrogen-bond acceptors (Lipinski definition) is 7. The molecule has 0 saturated heterocycles. The summed E-state index contributed by atoms with van der Waals surface area (Å²) in [6, 6.07) is 21.7. The van der Waals surface area contributed by atoms with Gasteiger partial charge in [0, 0.05) is 42.2 Å². The van der Waals surface area contributed by atoms with Crippen molar-refractivity contribution in [1.82, 2.24) is 9.80 Å². The molecule has 57 heavy (non-hydrogen) atoms. The van der Waals surface area contributed by atoms with E-state index in [1.54, 1.807) is 49.1 Å². The standard InChI is InChI=1S/C45H54N4O7S/c1-5-48(6-2)26-27-49(38(50)24-25-45(3,4)44(55)56)29-32-10-9-11-34(28-32)40(51)47-42-39(36-12-7-8-13-37(36)57-42)41(52)46-35-22-18-31(19-23-35)15-14-30-16-20-33(21-17-30)43(53)54/h9-11,16-23,28H,5-8,12-15,24-27,29H2,1-4H3,(H,46,52)(H,47,51)(H,53,54)(H,55,56). The van der Waals surface area contributed by atoms with Crippen molar-refractivity contribution in [2.45, 2.75) is 85.6 Å². The average Bonchev–Trinajstić information content (AvgIpc) is 3.57. The highest BCUT2D eigenvalue weighted by Gasteiger charge is 2.30. The maximum Gasteiger partial charge on any atom is 0.335 e. The van der Waals surface area contributed by atoms with Crippen LogP contribution in [-0.4, -0.2) is 75.9 Å². The summed E-state index contributed by atoms with van der Waals surface area (Å²) in [5, 5.41) is 25.3. The Labute approximate surface area is 339 Å². The molecule has 0 unspecified atom stereocenters. The molecule has 302 valence electrons. The van der Waals surface area contributed by atoms with Crippen molar-refractivity contribution in [2.24, 2.45) is 5.41 Å². The number of anilines is 2. The number of benzene rings is 3. The van der Waals surface area contributed by atoms with E-state index in [1.165, 1.54) is 11.3 Å². The van der Waals surface area contributed by atoms with Crippen molar-refractivity contribution in [2.75, 3.05) is 36.8 Å². The molecule has 5 rings (SSSR count). The minimum absolute atomic E-state index is 0.0994. The van der Waals surface area contributed by atoms with Crippen LogP contribution in [0.4, 0.5) is 10.7 Å². The van der Waals surface area contributed by atoms with Crippen molar-refractivity contribution in [3.63, 3.8) is 0 Å². The number of aromatic carboxylic acids is 1. The number of fused-ring (bicyclic) bond motifs is 1. The molecular formula is C45H54N4O7S. The lowest BCUT2D eigenvalue weighted by Crippen LogP contribution is -2.39. The van der Waals surface area contributed by atoms with Gasteiger partial charge in [0.15, 0.2) is 0 Å².